The standard InChI is InChI=1S/C18H20N2O2/c21-18(22)14-8-7-13-4-3-5-15(17(13)10-14)11-19-12-16-6-1-2-9-20-16/h1-2,6-10,15,19H,3-5,11-12H2,(H,21,22). The van der Waals surface area contributed by atoms with Gasteiger partial charge in [0.2, 0.25) is 0 Å². The molecule has 0 amide bonds. The molecule has 4 heteroatoms. The lowest BCUT2D eigenvalue weighted by atomic mass is 9.82. The molecule has 0 spiro atoms. The van der Waals surface area contributed by atoms with Crippen LogP contribution in [0.1, 0.15) is 45.9 Å². The molecule has 1 unspecified atom stereocenters. The van der Waals surface area contributed by atoms with Crippen LogP contribution in [0.25, 0.3) is 0 Å². The van der Waals surface area contributed by atoms with Crippen molar-refractivity contribution in [3.8, 4) is 0 Å². The summed E-state index contributed by atoms with van der Waals surface area (Å²) >= 11 is 0. The van der Waals surface area contributed by atoms with Gasteiger partial charge in [-0.05, 0) is 60.6 Å². The molecule has 2 aromatic rings. The molecule has 2 N–H and O–H groups in total. The van der Waals surface area contributed by atoms with E-state index in [2.05, 4.69) is 10.3 Å². The Morgan fingerprint density at radius 2 is 2.23 bits per heavy atom. The summed E-state index contributed by atoms with van der Waals surface area (Å²) in [6.45, 7) is 1.60. The predicted octanol–water partition coefficient (Wildman–Crippen LogP) is 2.99. The van der Waals surface area contributed by atoms with Crippen molar-refractivity contribution in [1.82, 2.24) is 10.3 Å². The number of carboxylic acid groups (broad SMARTS) is 1. The first-order valence-electron chi connectivity index (χ1n) is 7.71. The van der Waals surface area contributed by atoms with Crippen LogP contribution in [0.4, 0.5) is 0 Å². The highest BCUT2D eigenvalue weighted by Gasteiger charge is 2.21. The number of hydrogen-bond acceptors (Lipinski definition) is 3. The van der Waals surface area contributed by atoms with Gasteiger partial charge in [-0.1, -0.05) is 12.1 Å². The number of carbonyl (C=O) groups is 1. The Morgan fingerprint density at radius 3 is 3.00 bits per heavy atom. The van der Waals surface area contributed by atoms with Gasteiger partial charge in [-0.3, -0.25) is 4.98 Å². The molecule has 3 rings (SSSR count). The molecule has 0 fully saturated rings. The molecule has 0 saturated carbocycles. The van der Waals surface area contributed by atoms with E-state index in [1.807, 2.05) is 30.3 Å². The summed E-state index contributed by atoms with van der Waals surface area (Å²) in [7, 11) is 0. The minimum absolute atomic E-state index is 0.381. The number of aromatic nitrogens is 1. The Labute approximate surface area is 130 Å². The average Bonchev–Trinajstić information content (AvgIpc) is 2.55. The Bertz CT molecular complexity index is 655. The summed E-state index contributed by atoms with van der Waals surface area (Å²) < 4.78 is 0. The SMILES string of the molecule is O=C(O)c1ccc2c(c1)C(CNCc1ccccn1)CCC2. The van der Waals surface area contributed by atoms with Gasteiger partial charge < -0.3 is 10.4 Å². The molecular formula is C18H20N2O2. The van der Waals surface area contributed by atoms with Crippen LogP contribution in [0.2, 0.25) is 0 Å². The summed E-state index contributed by atoms with van der Waals surface area (Å²) in [5.74, 6) is -0.472. The normalized spacial score (nSPS) is 17.0. The quantitative estimate of drug-likeness (QED) is 0.890. The number of nitrogens with one attached hydrogen (secondary N) is 1. The van der Waals surface area contributed by atoms with E-state index in [0.29, 0.717) is 11.5 Å². The first kappa shape index (κ1) is 14.7. The summed E-state index contributed by atoms with van der Waals surface area (Å²) in [6, 6.07) is 11.4. The summed E-state index contributed by atoms with van der Waals surface area (Å²) in [5.41, 5.74) is 3.90. The lowest BCUT2D eigenvalue weighted by molar-refractivity contribution is 0.0696. The fraction of sp³-hybridized carbons (Fsp3) is 0.333. The van der Waals surface area contributed by atoms with Crippen molar-refractivity contribution in [1.29, 1.82) is 0 Å². The fourth-order valence-corrected chi connectivity index (χ4v) is 3.12. The number of aryl methyl sites for hydroxylation is 1. The molecule has 1 aromatic carbocycles. The second-order valence-electron chi connectivity index (χ2n) is 5.76. The summed E-state index contributed by atoms with van der Waals surface area (Å²) in [6.07, 6.45) is 5.11. The third kappa shape index (κ3) is 3.34. The molecule has 1 aromatic heterocycles. The van der Waals surface area contributed by atoms with Crippen molar-refractivity contribution in [3.63, 3.8) is 0 Å². The van der Waals surface area contributed by atoms with E-state index in [0.717, 1.165) is 38.0 Å². The first-order chi connectivity index (χ1) is 10.7. The molecule has 0 bridgehead atoms. The number of fused-ring (bicyclic) bond motifs is 1. The maximum atomic E-state index is 11.2. The van der Waals surface area contributed by atoms with Crippen molar-refractivity contribution < 1.29 is 9.90 Å². The van der Waals surface area contributed by atoms with Crippen LogP contribution in [0, 0.1) is 0 Å². The molecule has 114 valence electrons. The summed E-state index contributed by atoms with van der Waals surface area (Å²) in [5, 5.41) is 12.6. The van der Waals surface area contributed by atoms with Crippen LogP contribution in [0.5, 0.6) is 0 Å². The number of pyridine rings is 1. The zero-order valence-electron chi connectivity index (χ0n) is 12.5. The number of aromatic carboxylic acids is 1. The lowest BCUT2D eigenvalue weighted by Crippen LogP contribution is -2.24. The van der Waals surface area contributed by atoms with Crippen molar-refractivity contribution in [3.05, 3.63) is 65.0 Å². The maximum absolute atomic E-state index is 11.2. The van der Waals surface area contributed by atoms with Crippen molar-refractivity contribution >= 4 is 5.97 Å². The molecule has 1 aliphatic rings. The number of nitrogens with zero attached hydrogens (tertiary/aromatic N) is 1. The number of hydrogen-bond donors (Lipinski definition) is 2. The van der Waals surface area contributed by atoms with Crippen LogP contribution in [-0.4, -0.2) is 22.6 Å². The second kappa shape index (κ2) is 6.71. The zero-order chi connectivity index (χ0) is 15.4. The Hall–Kier alpha value is -2.20. The molecule has 0 radical (unpaired) electrons. The molecule has 4 nitrogen and oxygen atoms in total. The zero-order valence-corrected chi connectivity index (χ0v) is 12.5. The van der Waals surface area contributed by atoms with E-state index in [1.165, 1.54) is 11.1 Å². The summed E-state index contributed by atoms with van der Waals surface area (Å²) in [4.78, 5) is 15.5. The smallest absolute Gasteiger partial charge is 0.335 e. The Balaban J connectivity index is 1.68. The second-order valence-corrected chi connectivity index (χ2v) is 5.76. The predicted molar refractivity (Wildman–Crippen MR) is 85.0 cm³/mol. The van der Waals surface area contributed by atoms with E-state index in [9.17, 15) is 9.90 Å². The molecule has 0 aliphatic heterocycles. The van der Waals surface area contributed by atoms with E-state index >= 15 is 0 Å². The minimum atomic E-state index is -0.853. The molecule has 1 aliphatic carbocycles. The van der Waals surface area contributed by atoms with Gasteiger partial charge >= 0.3 is 5.97 Å². The molecule has 1 atom stereocenters. The highest BCUT2D eigenvalue weighted by atomic mass is 16.4. The molecule has 22 heavy (non-hydrogen) atoms. The highest BCUT2D eigenvalue weighted by molar-refractivity contribution is 5.88. The minimum Gasteiger partial charge on any atom is -0.478 e. The van der Waals surface area contributed by atoms with Crippen LogP contribution >= 0.6 is 0 Å². The average molecular weight is 296 g/mol. The van der Waals surface area contributed by atoms with Crippen LogP contribution in [-0.2, 0) is 13.0 Å². The largest absolute Gasteiger partial charge is 0.478 e. The van der Waals surface area contributed by atoms with Gasteiger partial charge in [0.25, 0.3) is 0 Å². The Morgan fingerprint density at radius 1 is 1.32 bits per heavy atom. The number of benzene rings is 1. The number of carboxylic acids is 1. The first-order valence-corrected chi connectivity index (χ1v) is 7.71. The van der Waals surface area contributed by atoms with E-state index in [4.69, 9.17) is 0 Å². The molecule has 0 saturated heterocycles. The van der Waals surface area contributed by atoms with Gasteiger partial charge in [-0.25, -0.2) is 4.79 Å². The third-order valence-corrected chi connectivity index (χ3v) is 4.25. The topological polar surface area (TPSA) is 62.2 Å². The van der Waals surface area contributed by atoms with Crippen molar-refractivity contribution in [2.75, 3.05) is 6.54 Å². The van der Waals surface area contributed by atoms with Gasteiger partial charge in [-0.2, -0.15) is 0 Å². The van der Waals surface area contributed by atoms with Crippen LogP contribution in [0.3, 0.4) is 0 Å². The van der Waals surface area contributed by atoms with E-state index in [1.54, 1.807) is 12.3 Å². The third-order valence-electron chi connectivity index (χ3n) is 4.25. The van der Waals surface area contributed by atoms with Gasteiger partial charge in [0.1, 0.15) is 0 Å². The van der Waals surface area contributed by atoms with Gasteiger partial charge in [-0.15, -0.1) is 0 Å². The van der Waals surface area contributed by atoms with Crippen molar-refractivity contribution in [2.24, 2.45) is 0 Å². The highest BCUT2D eigenvalue weighted by Crippen LogP contribution is 2.32. The molecular weight excluding hydrogens is 276 g/mol. The monoisotopic (exact) mass is 296 g/mol. The van der Waals surface area contributed by atoms with E-state index in [-0.39, 0.29) is 0 Å². The number of rotatable bonds is 5. The van der Waals surface area contributed by atoms with Crippen molar-refractivity contribution in [2.45, 2.75) is 31.7 Å². The lowest BCUT2D eigenvalue weighted by Gasteiger charge is -2.26. The van der Waals surface area contributed by atoms with Crippen LogP contribution in [0.15, 0.2) is 42.6 Å². The van der Waals surface area contributed by atoms with Gasteiger partial charge in [0.05, 0.1) is 11.3 Å². The van der Waals surface area contributed by atoms with Gasteiger partial charge in [0, 0.05) is 19.3 Å². The van der Waals surface area contributed by atoms with Crippen LogP contribution < -0.4 is 5.32 Å². The Kier molecular flexibility index (Phi) is 4.49. The fourth-order valence-electron chi connectivity index (χ4n) is 3.12. The molecule has 1 heterocycles. The van der Waals surface area contributed by atoms with E-state index < -0.39 is 5.97 Å². The maximum Gasteiger partial charge on any atom is 0.335 e. The van der Waals surface area contributed by atoms with Gasteiger partial charge in [0.15, 0.2) is 0 Å².